The van der Waals surface area contributed by atoms with Crippen LogP contribution < -0.4 is 0 Å². The first-order valence-electron chi connectivity index (χ1n) is 8.53. The maximum atomic E-state index is 13.0. The van der Waals surface area contributed by atoms with E-state index in [4.69, 9.17) is 4.74 Å². The van der Waals surface area contributed by atoms with Gasteiger partial charge in [0, 0.05) is 54.8 Å². The Hall–Kier alpha value is -2.66. The second-order valence-corrected chi connectivity index (χ2v) is 6.56. The van der Waals surface area contributed by atoms with Crippen molar-refractivity contribution in [3.63, 3.8) is 0 Å². The summed E-state index contributed by atoms with van der Waals surface area (Å²) in [7, 11) is 1.71. The molecule has 1 N–H and O–H groups in total. The number of rotatable bonds is 4. The summed E-state index contributed by atoms with van der Waals surface area (Å²) < 4.78 is 5.39. The van der Waals surface area contributed by atoms with Crippen LogP contribution in [0.25, 0.3) is 10.9 Å². The smallest absolute Gasteiger partial charge is 0.270 e. The largest absolute Gasteiger partial charge is 0.384 e. The van der Waals surface area contributed by atoms with Crippen molar-refractivity contribution in [3.05, 3.63) is 66.1 Å². The maximum Gasteiger partial charge on any atom is 0.270 e. The SMILES string of the molecule is COC[C@@H]1CN(C(=O)c2cc3ccccc3[nH]2)C[C@H]1c1ccccn1. The highest BCUT2D eigenvalue weighted by molar-refractivity contribution is 5.98. The second-order valence-electron chi connectivity index (χ2n) is 6.56. The quantitative estimate of drug-likeness (QED) is 0.797. The highest BCUT2D eigenvalue weighted by Crippen LogP contribution is 2.32. The molecular weight excluding hydrogens is 314 g/mol. The van der Waals surface area contributed by atoms with Gasteiger partial charge in [-0.15, -0.1) is 0 Å². The fraction of sp³-hybridized carbons (Fsp3) is 0.300. The number of benzene rings is 1. The highest BCUT2D eigenvalue weighted by atomic mass is 16.5. The number of methoxy groups -OCH3 is 1. The number of para-hydroxylation sites is 1. The molecular formula is C20H21N3O2. The lowest BCUT2D eigenvalue weighted by Gasteiger charge is -2.16. The Balaban J connectivity index is 1.59. The lowest BCUT2D eigenvalue weighted by Crippen LogP contribution is -2.29. The number of nitrogens with zero attached hydrogens (tertiary/aromatic N) is 2. The van der Waals surface area contributed by atoms with E-state index in [1.54, 1.807) is 13.3 Å². The van der Waals surface area contributed by atoms with Crippen molar-refractivity contribution in [2.75, 3.05) is 26.8 Å². The zero-order valence-corrected chi connectivity index (χ0v) is 14.2. The van der Waals surface area contributed by atoms with Crippen LogP contribution in [-0.2, 0) is 4.74 Å². The highest BCUT2D eigenvalue weighted by Gasteiger charge is 2.37. The topological polar surface area (TPSA) is 58.2 Å². The minimum atomic E-state index is 0.0377. The normalized spacial score (nSPS) is 20.3. The number of aromatic amines is 1. The summed E-state index contributed by atoms with van der Waals surface area (Å²) in [5.74, 6) is 0.499. The summed E-state index contributed by atoms with van der Waals surface area (Å²) in [5, 5.41) is 1.06. The number of likely N-dealkylation sites (tertiary alicyclic amines) is 1. The van der Waals surface area contributed by atoms with Gasteiger partial charge in [-0.05, 0) is 24.3 Å². The number of carbonyl (C=O) groups is 1. The van der Waals surface area contributed by atoms with Crippen LogP contribution in [-0.4, -0.2) is 47.6 Å². The monoisotopic (exact) mass is 335 g/mol. The standard InChI is InChI=1S/C20H21N3O2/c1-25-13-15-11-23(12-16(15)18-8-4-5-9-21-18)20(24)19-10-14-6-2-3-7-17(14)22-19/h2-10,15-16,22H,11-13H2,1H3/t15-,16+/m0/s1. The van der Waals surface area contributed by atoms with E-state index in [0.717, 1.165) is 16.6 Å². The van der Waals surface area contributed by atoms with Gasteiger partial charge in [0.1, 0.15) is 5.69 Å². The first-order chi connectivity index (χ1) is 12.3. The van der Waals surface area contributed by atoms with Crippen molar-refractivity contribution < 1.29 is 9.53 Å². The molecule has 1 amide bonds. The lowest BCUT2D eigenvalue weighted by molar-refractivity contribution is 0.0770. The zero-order valence-electron chi connectivity index (χ0n) is 14.2. The Bertz CT molecular complexity index is 842. The number of aromatic nitrogens is 2. The molecule has 2 atom stereocenters. The van der Waals surface area contributed by atoms with Crippen molar-refractivity contribution in [1.82, 2.24) is 14.9 Å². The molecule has 4 rings (SSSR count). The number of amides is 1. The number of ether oxygens (including phenoxy) is 1. The molecule has 1 aromatic carbocycles. The molecule has 5 nitrogen and oxygen atoms in total. The minimum absolute atomic E-state index is 0.0377. The van der Waals surface area contributed by atoms with Crippen molar-refractivity contribution in [1.29, 1.82) is 0 Å². The molecule has 1 fully saturated rings. The summed E-state index contributed by atoms with van der Waals surface area (Å²) in [4.78, 5) is 22.6. The summed E-state index contributed by atoms with van der Waals surface area (Å²) in [6.45, 7) is 1.97. The Kier molecular flexibility index (Phi) is 4.24. The van der Waals surface area contributed by atoms with Gasteiger partial charge in [0.2, 0.25) is 0 Å². The van der Waals surface area contributed by atoms with Crippen molar-refractivity contribution >= 4 is 16.8 Å². The number of hydrogen-bond acceptors (Lipinski definition) is 3. The molecule has 0 radical (unpaired) electrons. The van der Waals surface area contributed by atoms with E-state index in [9.17, 15) is 4.79 Å². The molecule has 1 aliphatic heterocycles. The van der Waals surface area contributed by atoms with Crippen LogP contribution in [0, 0.1) is 5.92 Å². The molecule has 3 aromatic rings. The fourth-order valence-corrected chi connectivity index (χ4v) is 3.71. The minimum Gasteiger partial charge on any atom is -0.384 e. The van der Waals surface area contributed by atoms with Crippen LogP contribution in [0.2, 0.25) is 0 Å². The molecule has 25 heavy (non-hydrogen) atoms. The van der Waals surface area contributed by atoms with E-state index < -0.39 is 0 Å². The first kappa shape index (κ1) is 15.8. The summed E-state index contributed by atoms with van der Waals surface area (Å²) >= 11 is 0. The van der Waals surface area contributed by atoms with E-state index in [-0.39, 0.29) is 17.7 Å². The lowest BCUT2D eigenvalue weighted by atomic mass is 9.93. The van der Waals surface area contributed by atoms with E-state index in [0.29, 0.717) is 25.4 Å². The van der Waals surface area contributed by atoms with Gasteiger partial charge < -0.3 is 14.6 Å². The molecule has 1 aliphatic rings. The van der Waals surface area contributed by atoms with Crippen LogP contribution in [0.5, 0.6) is 0 Å². The van der Waals surface area contributed by atoms with Gasteiger partial charge in [-0.1, -0.05) is 24.3 Å². The van der Waals surface area contributed by atoms with E-state index in [1.807, 2.05) is 53.4 Å². The summed E-state index contributed by atoms with van der Waals surface area (Å²) in [6.07, 6.45) is 1.81. The molecule has 128 valence electrons. The zero-order chi connectivity index (χ0) is 17.2. The van der Waals surface area contributed by atoms with E-state index in [2.05, 4.69) is 9.97 Å². The van der Waals surface area contributed by atoms with Crippen molar-refractivity contribution in [2.45, 2.75) is 5.92 Å². The van der Waals surface area contributed by atoms with E-state index in [1.165, 1.54) is 0 Å². The van der Waals surface area contributed by atoms with Crippen LogP contribution >= 0.6 is 0 Å². The maximum absolute atomic E-state index is 13.0. The summed E-state index contributed by atoms with van der Waals surface area (Å²) in [5.41, 5.74) is 2.65. The van der Waals surface area contributed by atoms with Gasteiger partial charge in [-0.3, -0.25) is 9.78 Å². The Morgan fingerprint density at radius 1 is 1.24 bits per heavy atom. The molecule has 2 aromatic heterocycles. The fourth-order valence-electron chi connectivity index (χ4n) is 3.71. The van der Waals surface area contributed by atoms with E-state index >= 15 is 0 Å². The van der Waals surface area contributed by atoms with Crippen LogP contribution in [0.4, 0.5) is 0 Å². The average molecular weight is 335 g/mol. The van der Waals surface area contributed by atoms with Crippen LogP contribution in [0.15, 0.2) is 54.7 Å². The molecule has 0 bridgehead atoms. The van der Waals surface area contributed by atoms with Crippen molar-refractivity contribution in [3.8, 4) is 0 Å². The first-order valence-corrected chi connectivity index (χ1v) is 8.53. The number of carbonyl (C=O) groups excluding carboxylic acids is 1. The average Bonchev–Trinajstić information content (AvgIpc) is 3.26. The third-order valence-corrected chi connectivity index (χ3v) is 4.94. The van der Waals surface area contributed by atoms with Gasteiger partial charge in [0.15, 0.2) is 0 Å². The van der Waals surface area contributed by atoms with Crippen LogP contribution in [0.1, 0.15) is 22.1 Å². The molecule has 5 heteroatoms. The predicted octanol–water partition coefficient (Wildman–Crippen LogP) is 3.07. The number of fused-ring (bicyclic) bond motifs is 1. The van der Waals surface area contributed by atoms with Gasteiger partial charge in [-0.25, -0.2) is 0 Å². The van der Waals surface area contributed by atoms with Crippen molar-refractivity contribution in [2.24, 2.45) is 5.92 Å². The number of H-pyrrole nitrogens is 1. The molecule has 0 aliphatic carbocycles. The Labute approximate surface area is 146 Å². The number of pyridine rings is 1. The third kappa shape index (κ3) is 3.03. The van der Waals surface area contributed by atoms with Gasteiger partial charge in [0.25, 0.3) is 5.91 Å². The third-order valence-electron chi connectivity index (χ3n) is 4.94. The van der Waals surface area contributed by atoms with Gasteiger partial charge in [0.05, 0.1) is 6.61 Å². The van der Waals surface area contributed by atoms with Crippen LogP contribution in [0.3, 0.4) is 0 Å². The molecule has 3 heterocycles. The van der Waals surface area contributed by atoms with Gasteiger partial charge in [-0.2, -0.15) is 0 Å². The molecule has 0 saturated carbocycles. The second kappa shape index (κ2) is 6.69. The predicted molar refractivity (Wildman–Crippen MR) is 96.5 cm³/mol. The molecule has 0 spiro atoms. The number of hydrogen-bond donors (Lipinski definition) is 1. The number of nitrogens with one attached hydrogen (secondary N) is 1. The molecule has 0 unspecified atom stereocenters. The molecule has 1 saturated heterocycles. The van der Waals surface area contributed by atoms with Gasteiger partial charge >= 0.3 is 0 Å². The Morgan fingerprint density at radius 3 is 2.84 bits per heavy atom. The Morgan fingerprint density at radius 2 is 2.08 bits per heavy atom. The summed E-state index contributed by atoms with van der Waals surface area (Å²) in [6, 6.07) is 15.8.